The molecule has 0 nitrogen and oxygen atoms in total. The highest BCUT2D eigenvalue weighted by Gasteiger charge is 2.28. The normalized spacial score (nSPS) is 23.1. The average molecular weight is 204 g/mol. The molecule has 0 spiro atoms. The van der Waals surface area contributed by atoms with E-state index in [9.17, 15) is 0 Å². The van der Waals surface area contributed by atoms with E-state index in [1.165, 1.54) is 36.0 Å². The summed E-state index contributed by atoms with van der Waals surface area (Å²) in [7, 11) is 0. The highest BCUT2D eigenvalue weighted by Crippen LogP contribution is 2.42. The summed E-state index contributed by atoms with van der Waals surface area (Å²) in [6.45, 7) is 15.1. The lowest BCUT2D eigenvalue weighted by Crippen LogP contribution is -2.20. The van der Waals surface area contributed by atoms with Gasteiger partial charge in [0.05, 0.1) is 0 Å². The molecule has 0 atom stereocenters. The predicted octanol–water partition coefficient (Wildman–Crippen LogP) is 5.04. The van der Waals surface area contributed by atoms with Crippen LogP contribution in [0.3, 0.4) is 0 Å². The van der Waals surface area contributed by atoms with E-state index in [0.717, 1.165) is 12.8 Å². The summed E-state index contributed by atoms with van der Waals surface area (Å²) in [6, 6.07) is 0. The van der Waals surface area contributed by atoms with E-state index in [-0.39, 0.29) is 0 Å². The molecule has 0 heteroatoms. The molecule has 15 heavy (non-hydrogen) atoms. The molecule has 0 N–H and O–H groups in total. The number of allylic oxidation sites excluding steroid dienone is 4. The molecule has 1 saturated carbocycles. The molecule has 0 radical (unpaired) electrons. The topological polar surface area (TPSA) is 0 Å². The van der Waals surface area contributed by atoms with Crippen LogP contribution in [0.2, 0.25) is 0 Å². The zero-order chi connectivity index (χ0) is 11.5. The molecule has 1 rings (SSSR count). The van der Waals surface area contributed by atoms with Crippen molar-refractivity contribution in [1.29, 1.82) is 0 Å². The minimum absolute atomic E-state index is 0.323. The Labute approximate surface area is 94.8 Å². The summed E-state index contributed by atoms with van der Waals surface area (Å²) < 4.78 is 0. The van der Waals surface area contributed by atoms with Crippen LogP contribution in [0.25, 0.3) is 0 Å². The van der Waals surface area contributed by atoms with Gasteiger partial charge in [0, 0.05) is 0 Å². The molecule has 0 amide bonds. The van der Waals surface area contributed by atoms with Crippen LogP contribution in [0.5, 0.6) is 0 Å². The quantitative estimate of drug-likeness (QED) is 0.565. The number of hydrogen-bond donors (Lipinski definition) is 0. The van der Waals surface area contributed by atoms with Gasteiger partial charge in [-0.05, 0) is 43.1 Å². The lowest BCUT2D eigenvalue weighted by Gasteiger charge is -2.34. The van der Waals surface area contributed by atoms with Crippen LogP contribution in [0.15, 0.2) is 36.0 Å². The van der Waals surface area contributed by atoms with Crippen molar-refractivity contribution in [1.82, 2.24) is 0 Å². The molecular formula is C15H24. The third kappa shape index (κ3) is 3.09. The zero-order valence-electron chi connectivity index (χ0n) is 10.5. The van der Waals surface area contributed by atoms with Crippen LogP contribution in [0.1, 0.15) is 52.9 Å². The van der Waals surface area contributed by atoms with Crippen molar-refractivity contribution in [3.05, 3.63) is 36.0 Å². The molecule has 0 aromatic rings. The maximum atomic E-state index is 4.20. The SMILES string of the molecule is C=C(CC)C/C=C1\C(=C)CCCC1(C)C. The van der Waals surface area contributed by atoms with Gasteiger partial charge in [-0.2, -0.15) is 0 Å². The second kappa shape index (κ2) is 4.83. The third-order valence-electron chi connectivity index (χ3n) is 3.49. The lowest BCUT2D eigenvalue weighted by atomic mass is 9.70. The van der Waals surface area contributed by atoms with Gasteiger partial charge in [-0.3, -0.25) is 0 Å². The average Bonchev–Trinajstić information content (AvgIpc) is 2.15. The fourth-order valence-electron chi connectivity index (χ4n) is 2.30. The van der Waals surface area contributed by atoms with Crippen molar-refractivity contribution in [2.75, 3.05) is 0 Å². The summed E-state index contributed by atoms with van der Waals surface area (Å²) in [5.74, 6) is 0. The van der Waals surface area contributed by atoms with Crippen LogP contribution < -0.4 is 0 Å². The van der Waals surface area contributed by atoms with E-state index in [4.69, 9.17) is 0 Å². The van der Waals surface area contributed by atoms with Crippen molar-refractivity contribution < 1.29 is 0 Å². The third-order valence-corrected chi connectivity index (χ3v) is 3.49. The van der Waals surface area contributed by atoms with Crippen molar-refractivity contribution in [3.63, 3.8) is 0 Å². The van der Waals surface area contributed by atoms with Crippen molar-refractivity contribution >= 4 is 0 Å². The molecule has 0 unspecified atom stereocenters. The number of hydrogen-bond acceptors (Lipinski definition) is 0. The van der Waals surface area contributed by atoms with Gasteiger partial charge in [-0.25, -0.2) is 0 Å². The van der Waals surface area contributed by atoms with Crippen molar-refractivity contribution in [3.8, 4) is 0 Å². The molecule has 1 aliphatic carbocycles. The summed E-state index contributed by atoms with van der Waals surface area (Å²) >= 11 is 0. The van der Waals surface area contributed by atoms with Crippen LogP contribution in [0, 0.1) is 5.41 Å². The lowest BCUT2D eigenvalue weighted by molar-refractivity contribution is 0.370. The first-order valence-electron chi connectivity index (χ1n) is 6.03. The molecule has 0 saturated heterocycles. The molecule has 0 heterocycles. The smallest absolute Gasteiger partial charge is 0.0104 e. The zero-order valence-corrected chi connectivity index (χ0v) is 10.5. The second-order valence-corrected chi connectivity index (χ2v) is 5.27. The molecule has 0 bridgehead atoms. The summed E-state index contributed by atoms with van der Waals surface area (Å²) in [5.41, 5.74) is 4.46. The molecule has 1 fully saturated rings. The molecule has 0 aliphatic heterocycles. The Balaban J connectivity index is 2.79. The van der Waals surface area contributed by atoms with E-state index < -0.39 is 0 Å². The van der Waals surface area contributed by atoms with Crippen LogP contribution >= 0.6 is 0 Å². The summed E-state index contributed by atoms with van der Waals surface area (Å²) in [5, 5.41) is 0. The van der Waals surface area contributed by atoms with Gasteiger partial charge in [0.2, 0.25) is 0 Å². The summed E-state index contributed by atoms with van der Waals surface area (Å²) in [4.78, 5) is 0. The Morgan fingerprint density at radius 3 is 2.67 bits per heavy atom. The minimum atomic E-state index is 0.323. The Morgan fingerprint density at radius 1 is 1.47 bits per heavy atom. The predicted molar refractivity (Wildman–Crippen MR) is 68.9 cm³/mol. The van der Waals surface area contributed by atoms with Gasteiger partial charge in [-0.15, -0.1) is 0 Å². The molecule has 1 aliphatic rings. The minimum Gasteiger partial charge on any atom is -0.0996 e. The molecule has 0 aromatic heterocycles. The standard InChI is InChI=1S/C15H24/c1-6-12(2)9-10-14-13(3)8-7-11-15(14,4)5/h10H,2-3,6-9,11H2,1,4-5H3/b14-10+. The maximum Gasteiger partial charge on any atom is -0.0104 e. The highest BCUT2D eigenvalue weighted by atomic mass is 14.3. The van der Waals surface area contributed by atoms with E-state index >= 15 is 0 Å². The van der Waals surface area contributed by atoms with Crippen LogP contribution in [-0.4, -0.2) is 0 Å². The van der Waals surface area contributed by atoms with Gasteiger partial charge in [0.1, 0.15) is 0 Å². The monoisotopic (exact) mass is 204 g/mol. The fraction of sp³-hybridized carbons (Fsp3) is 0.600. The van der Waals surface area contributed by atoms with Gasteiger partial charge in [0.15, 0.2) is 0 Å². The van der Waals surface area contributed by atoms with Crippen molar-refractivity contribution in [2.24, 2.45) is 5.41 Å². The Morgan fingerprint density at radius 2 is 2.13 bits per heavy atom. The molecule has 0 aromatic carbocycles. The van der Waals surface area contributed by atoms with E-state index in [1.54, 1.807) is 0 Å². The van der Waals surface area contributed by atoms with E-state index in [0.29, 0.717) is 5.41 Å². The van der Waals surface area contributed by atoms with Gasteiger partial charge < -0.3 is 0 Å². The first-order valence-corrected chi connectivity index (χ1v) is 6.03. The van der Waals surface area contributed by atoms with Gasteiger partial charge in [-0.1, -0.05) is 51.2 Å². The second-order valence-electron chi connectivity index (χ2n) is 5.27. The van der Waals surface area contributed by atoms with E-state index in [1.807, 2.05) is 0 Å². The van der Waals surface area contributed by atoms with Gasteiger partial charge >= 0.3 is 0 Å². The van der Waals surface area contributed by atoms with Crippen molar-refractivity contribution in [2.45, 2.75) is 52.9 Å². The van der Waals surface area contributed by atoms with Crippen LogP contribution in [-0.2, 0) is 0 Å². The Bertz CT molecular complexity index is 289. The van der Waals surface area contributed by atoms with E-state index in [2.05, 4.69) is 40.0 Å². The Kier molecular flexibility index (Phi) is 3.96. The van der Waals surface area contributed by atoms with Gasteiger partial charge in [0.25, 0.3) is 0 Å². The highest BCUT2D eigenvalue weighted by molar-refractivity contribution is 5.36. The van der Waals surface area contributed by atoms with Crippen LogP contribution in [0.4, 0.5) is 0 Å². The largest absolute Gasteiger partial charge is 0.0996 e. The molecular weight excluding hydrogens is 180 g/mol. The summed E-state index contributed by atoms with van der Waals surface area (Å²) in [6.07, 6.45) is 8.21. The number of rotatable bonds is 3. The molecule has 84 valence electrons. The maximum absolute atomic E-state index is 4.20. The first-order chi connectivity index (χ1) is 6.97. The Hall–Kier alpha value is -0.780. The first kappa shape index (κ1) is 12.3. The fourth-order valence-corrected chi connectivity index (χ4v) is 2.30.